The lowest BCUT2D eigenvalue weighted by Crippen LogP contribution is -2.09. The van der Waals surface area contributed by atoms with Crippen molar-refractivity contribution in [1.82, 2.24) is 0 Å². The Kier molecular flexibility index (Phi) is 3.65. The Morgan fingerprint density at radius 2 is 1.95 bits per heavy atom. The number of fused-ring (bicyclic) bond motifs is 1. The number of hydrogen-bond donors (Lipinski definition) is 1. The van der Waals surface area contributed by atoms with Crippen molar-refractivity contribution in [1.29, 1.82) is 0 Å². The molecule has 0 saturated carbocycles. The maximum absolute atomic E-state index is 5.91. The lowest BCUT2D eigenvalue weighted by atomic mass is 10.0. The van der Waals surface area contributed by atoms with E-state index >= 15 is 0 Å². The average molecular weight is 271 g/mol. The van der Waals surface area contributed by atoms with Gasteiger partial charge in [-0.2, -0.15) is 0 Å². The van der Waals surface area contributed by atoms with Gasteiger partial charge < -0.3 is 10.1 Å². The number of thioether (sulfide) groups is 1. The zero-order valence-corrected chi connectivity index (χ0v) is 11.7. The van der Waals surface area contributed by atoms with Gasteiger partial charge in [-0.05, 0) is 35.9 Å². The summed E-state index contributed by atoms with van der Waals surface area (Å²) in [5.41, 5.74) is 2.54. The first-order valence-corrected chi connectivity index (χ1v) is 7.48. The SMILES string of the molecule is CNc1ccc(OCC2CSc3ccccc32)cc1. The largest absolute Gasteiger partial charge is 0.493 e. The van der Waals surface area contributed by atoms with E-state index in [-0.39, 0.29) is 0 Å². The second-order valence-corrected chi connectivity index (χ2v) is 5.69. The van der Waals surface area contributed by atoms with Gasteiger partial charge in [0.05, 0.1) is 6.61 Å². The molecule has 0 radical (unpaired) electrons. The van der Waals surface area contributed by atoms with Crippen molar-refractivity contribution in [2.45, 2.75) is 10.8 Å². The average Bonchev–Trinajstić information content (AvgIpc) is 2.89. The summed E-state index contributed by atoms with van der Waals surface area (Å²) < 4.78 is 5.91. The third kappa shape index (κ3) is 2.71. The number of hydrogen-bond acceptors (Lipinski definition) is 3. The Labute approximate surface area is 118 Å². The Morgan fingerprint density at radius 3 is 2.74 bits per heavy atom. The third-order valence-electron chi connectivity index (χ3n) is 3.39. The van der Waals surface area contributed by atoms with E-state index < -0.39 is 0 Å². The molecule has 0 saturated heterocycles. The number of benzene rings is 2. The molecule has 0 aromatic heterocycles. The Hall–Kier alpha value is -1.61. The van der Waals surface area contributed by atoms with Gasteiger partial charge in [0.1, 0.15) is 5.75 Å². The smallest absolute Gasteiger partial charge is 0.119 e. The van der Waals surface area contributed by atoms with E-state index in [2.05, 4.69) is 29.6 Å². The Balaban J connectivity index is 1.64. The highest BCUT2D eigenvalue weighted by Gasteiger charge is 2.23. The van der Waals surface area contributed by atoms with Crippen molar-refractivity contribution in [3.63, 3.8) is 0 Å². The zero-order chi connectivity index (χ0) is 13.1. The molecule has 0 aliphatic carbocycles. The molecule has 0 spiro atoms. The summed E-state index contributed by atoms with van der Waals surface area (Å²) in [6, 6.07) is 16.7. The molecule has 1 heterocycles. The first-order valence-electron chi connectivity index (χ1n) is 6.49. The molecule has 2 aromatic rings. The van der Waals surface area contributed by atoms with Crippen molar-refractivity contribution in [3.05, 3.63) is 54.1 Å². The van der Waals surface area contributed by atoms with Crippen LogP contribution in [0.3, 0.4) is 0 Å². The summed E-state index contributed by atoms with van der Waals surface area (Å²) in [7, 11) is 1.92. The van der Waals surface area contributed by atoms with E-state index in [9.17, 15) is 0 Å². The highest BCUT2D eigenvalue weighted by molar-refractivity contribution is 7.99. The second kappa shape index (κ2) is 5.57. The third-order valence-corrected chi connectivity index (χ3v) is 4.64. The summed E-state index contributed by atoms with van der Waals surface area (Å²) in [6.07, 6.45) is 0. The highest BCUT2D eigenvalue weighted by atomic mass is 32.2. The van der Waals surface area contributed by atoms with Crippen molar-refractivity contribution < 1.29 is 4.74 Å². The van der Waals surface area contributed by atoms with E-state index in [4.69, 9.17) is 4.74 Å². The number of rotatable bonds is 4. The first-order chi connectivity index (χ1) is 9.36. The van der Waals surface area contributed by atoms with Gasteiger partial charge in [0.2, 0.25) is 0 Å². The molecule has 98 valence electrons. The van der Waals surface area contributed by atoms with E-state index in [1.165, 1.54) is 10.5 Å². The lowest BCUT2D eigenvalue weighted by Gasteiger charge is -2.13. The predicted molar refractivity (Wildman–Crippen MR) is 81.4 cm³/mol. The minimum atomic E-state index is 0.505. The van der Waals surface area contributed by atoms with Crippen LogP contribution in [-0.4, -0.2) is 19.4 Å². The first kappa shape index (κ1) is 12.4. The second-order valence-electron chi connectivity index (χ2n) is 4.63. The van der Waals surface area contributed by atoms with Gasteiger partial charge in [0.25, 0.3) is 0 Å². The van der Waals surface area contributed by atoms with E-state index in [0.717, 1.165) is 23.8 Å². The summed E-state index contributed by atoms with van der Waals surface area (Å²) in [5, 5.41) is 3.11. The van der Waals surface area contributed by atoms with Crippen LogP contribution in [0.15, 0.2) is 53.4 Å². The molecule has 19 heavy (non-hydrogen) atoms. The monoisotopic (exact) mass is 271 g/mol. The van der Waals surface area contributed by atoms with E-state index in [1.807, 2.05) is 43.1 Å². The minimum Gasteiger partial charge on any atom is -0.493 e. The van der Waals surface area contributed by atoms with Crippen molar-refractivity contribution >= 4 is 17.4 Å². The van der Waals surface area contributed by atoms with Crippen LogP contribution >= 0.6 is 11.8 Å². The summed E-state index contributed by atoms with van der Waals surface area (Å²) in [4.78, 5) is 1.40. The van der Waals surface area contributed by atoms with Crippen LogP contribution in [0.5, 0.6) is 5.75 Å². The van der Waals surface area contributed by atoms with Gasteiger partial charge in [-0.15, -0.1) is 11.8 Å². The van der Waals surface area contributed by atoms with Gasteiger partial charge >= 0.3 is 0 Å². The molecular weight excluding hydrogens is 254 g/mol. The minimum absolute atomic E-state index is 0.505. The molecule has 1 aliphatic rings. The number of nitrogens with one attached hydrogen (secondary N) is 1. The molecular formula is C16H17NOS. The van der Waals surface area contributed by atoms with Gasteiger partial charge in [0, 0.05) is 29.3 Å². The molecule has 2 nitrogen and oxygen atoms in total. The summed E-state index contributed by atoms with van der Waals surface area (Å²) in [5.74, 6) is 2.56. The summed E-state index contributed by atoms with van der Waals surface area (Å²) >= 11 is 1.93. The molecule has 3 heteroatoms. The maximum atomic E-state index is 5.91. The fourth-order valence-electron chi connectivity index (χ4n) is 2.28. The van der Waals surface area contributed by atoms with Crippen LogP contribution in [-0.2, 0) is 0 Å². The van der Waals surface area contributed by atoms with Gasteiger partial charge in [-0.3, -0.25) is 0 Å². The van der Waals surface area contributed by atoms with Gasteiger partial charge in [-0.1, -0.05) is 18.2 Å². The van der Waals surface area contributed by atoms with Crippen LogP contribution in [0.1, 0.15) is 11.5 Å². The highest BCUT2D eigenvalue weighted by Crippen LogP contribution is 2.39. The summed E-state index contributed by atoms with van der Waals surface area (Å²) in [6.45, 7) is 0.753. The van der Waals surface area contributed by atoms with Gasteiger partial charge in [-0.25, -0.2) is 0 Å². The van der Waals surface area contributed by atoms with Crippen LogP contribution < -0.4 is 10.1 Å². The molecule has 3 rings (SSSR count). The topological polar surface area (TPSA) is 21.3 Å². The quantitative estimate of drug-likeness (QED) is 0.908. The standard InChI is InChI=1S/C16H17NOS/c1-17-13-6-8-14(9-7-13)18-10-12-11-19-16-5-3-2-4-15(12)16/h2-9,12,17H,10-11H2,1H3. The van der Waals surface area contributed by atoms with Crippen molar-refractivity contribution in [3.8, 4) is 5.75 Å². The molecule has 0 fully saturated rings. The van der Waals surface area contributed by atoms with E-state index in [0.29, 0.717) is 5.92 Å². The molecule has 1 unspecified atom stereocenters. The number of ether oxygens (including phenoxy) is 1. The Bertz CT molecular complexity index is 553. The Morgan fingerprint density at radius 1 is 1.16 bits per heavy atom. The number of anilines is 1. The fraction of sp³-hybridized carbons (Fsp3) is 0.250. The zero-order valence-electron chi connectivity index (χ0n) is 10.9. The van der Waals surface area contributed by atoms with Crippen molar-refractivity contribution in [2.75, 3.05) is 24.7 Å². The molecule has 1 aliphatic heterocycles. The van der Waals surface area contributed by atoms with Gasteiger partial charge in [0.15, 0.2) is 0 Å². The normalized spacial score (nSPS) is 17.0. The predicted octanol–water partition coefficient (Wildman–Crippen LogP) is 4.00. The van der Waals surface area contributed by atoms with Crippen LogP contribution in [0.2, 0.25) is 0 Å². The van der Waals surface area contributed by atoms with Crippen LogP contribution in [0.4, 0.5) is 5.69 Å². The van der Waals surface area contributed by atoms with E-state index in [1.54, 1.807) is 0 Å². The maximum Gasteiger partial charge on any atom is 0.119 e. The van der Waals surface area contributed by atoms with Crippen LogP contribution in [0, 0.1) is 0 Å². The molecule has 2 aromatic carbocycles. The molecule has 1 N–H and O–H groups in total. The molecule has 0 bridgehead atoms. The molecule has 0 amide bonds. The van der Waals surface area contributed by atoms with Crippen molar-refractivity contribution in [2.24, 2.45) is 0 Å². The fourth-order valence-corrected chi connectivity index (χ4v) is 3.51. The lowest BCUT2D eigenvalue weighted by molar-refractivity contribution is 0.298. The van der Waals surface area contributed by atoms with Crippen LogP contribution in [0.25, 0.3) is 0 Å². The molecule has 1 atom stereocenters.